The molecule has 0 spiro atoms. The van der Waals surface area contributed by atoms with E-state index in [2.05, 4.69) is 20.4 Å². The van der Waals surface area contributed by atoms with E-state index in [0.717, 1.165) is 6.42 Å². The fourth-order valence-corrected chi connectivity index (χ4v) is 5.37. The van der Waals surface area contributed by atoms with E-state index in [-0.39, 0.29) is 27.5 Å². The standard InChI is InChI=1S/C24H34N6O4S/c1-6-8-19-21-22(29(5)28-19)24(31)27-23(26-21)18-12-17(9-10-20(18)34-11-7-2)35(32,33)30-13-15(3)25-16(4)14-30/h9-10,12,15-16,25H,6-8,11,13-14H2,1-5H3,(H,26,27,31)/t15-,16+/i13D2,14D2. The second-order valence-corrected chi connectivity index (χ2v) is 10.4. The Labute approximate surface area is 211 Å². The van der Waals surface area contributed by atoms with Crippen LogP contribution < -0.4 is 15.6 Å². The highest BCUT2D eigenvalue weighted by molar-refractivity contribution is 7.89. The number of benzene rings is 1. The SMILES string of the molecule is [2H]C1([2H])[C@H](C)N[C@H](C)C([2H])([2H])N1S(=O)(=O)c1ccc(OCCC)c(-c2nc3c(CCC)nn(C)c3c(=O)[nH]2)c1. The Morgan fingerprint density at radius 1 is 1.20 bits per heavy atom. The third-order valence-corrected chi connectivity index (χ3v) is 7.12. The molecule has 0 aliphatic carbocycles. The van der Waals surface area contributed by atoms with Crippen LogP contribution in [0.5, 0.6) is 5.75 Å². The van der Waals surface area contributed by atoms with Crippen molar-refractivity contribution in [3.8, 4) is 17.1 Å². The van der Waals surface area contributed by atoms with E-state index in [9.17, 15) is 13.2 Å². The summed E-state index contributed by atoms with van der Waals surface area (Å²) in [6, 6.07) is 1.93. The lowest BCUT2D eigenvalue weighted by Gasteiger charge is -2.35. The Hall–Kier alpha value is -2.76. The summed E-state index contributed by atoms with van der Waals surface area (Å²) >= 11 is 0. The molecule has 0 amide bonds. The first-order valence-electron chi connectivity index (χ1n) is 13.7. The zero-order valence-electron chi connectivity index (χ0n) is 24.5. The summed E-state index contributed by atoms with van der Waals surface area (Å²) in [5.41, 5.74) is 1.02. The predicted octanol–water partition coefficient (Wildman–Crippen LogP) is 2.44. The van der Waals surface area contributed by atoms with Gasteiger partial charge in [-0.1, -0.05) is 20.3 Å². The molecule has 0 radical (unpaired) electrons. The maximum atomic E-state index is 13.9. The Kier molecular flexibility index (Phi) is 5.88. The summed E-state index contributed by atoms with van der Waals surface area (Å²) in [5.74, 6) is 0.335. The van der Waals surface area contributed by atoms with Gasteiger partial charge in [0.25, 0.3) is 5.56 Å². The number of H-pyrrole nitrogens is 1. The summed E-state index contributed by atoms with van der Waals surface area (Å²) in [6.45, 7) is 1.98. The van der Waals surface area contributed by atoms with Crippen LogP contribution in [-0.2, 0) is 23.5 Å². The van der Waals surface area contributed by atoms with Crippen LogP contribution in [0, 0.1) is 0 Å². The van der Waals surface area contributed by atoms with Crippen molar-refractivity contribution in [1.29, 1.82) is 0 Å². The van der Waals surface area contributed by atoms with Gasteiger partial charge in [0.1, 0.15) is 17.1 Å². The minimum Gasteiger partial charge on any atom is -0.493 e. The predicted molar refractivity (Wildman–Crippen MR) is 135 cm³/mol. The lowest BCUT2D eigenvalue weighted by Crippen LogP contribution is -2.55. The van der Waals surface area contributed by atoms with E-state index in [4.69, 9.17) is 10.2 Å². The number of nitrogens with one attached hydrogen (secondary N) is 2. The first kappa shape index (κ1) is 20.4. The molecule has 190 valence electrons. The van der Waals surface area contributed by atoms with Crippen molar-refractivity contribution in [2.24, 2.45) is 7.05 Å². The molecule has 1 aromatic carbocycles. The first-order valence-corrected chi connectivity index (χ1v) is 13.2. The average molecular weight is 507 g/mol. The van der Waals surface area contributed by atoms with Crippen LogP contribution in [-0.4, -0.2) is 64.2 Å². The Morgan fingerprint density at radius 2 is 1.91 bits per heavy atom. The number of ether oxygens (including phenoxy) is 1. The van der Waals surface area contributed by atoms with Crippen molar-refractivity contribution in [3.63, 3.8) is 0 Å². The Balaban J connectivity index is 1.94. The van der Waals surface area contributed by atoms with E-state index >= 15 is 0 Å². The number of aryl methyl sites for hydroxylation is 2. The van der Waals surface area contributed by atoms with Gasteiger partial charge >= 0.3 is 0 Å². The molecule has 0 bridgehead atoms. The molecule has 1 aliphatic heterocycles. The molecular formula is C24H34N6O4S. The topological polar surface area (TPSA) is 122 Å². The molecule has 3 heterocycles. The van der Waals surface area contributed by atoms with E-state index in [0.29, 0.717) is 35.0 Å². The highest BCUT2D eigenvalue weighted by atomic mass is 32.2. The number of aromatic nitrogens is 4. The van der Waals surface area contributed by atoms with Crippen LogP contribution in [0.25, 0.3) is 22.4 Å². The van der Waals surface area contributed by atoms with E-state index in [1.165, 1.54) is 36.7 Å². The van der Waals surface area contributed by atoms with Gasteiger partial charge in [-0.2, -0.15) is 9.40 Å². The van der Waals surface area contributed by atoms with Crippen molar-refractivity contribution in [3.05, 3.63) is 34.2 Å². The number of aromatic amines is 1. The third kappa shape index (κ3) is 4.98. The average Bonchev–Trinajstić information content (AvgIpc) is 3.16. The van der Waals surface area contributed by atoms with Gasteiger partial charge in [0, 0.05) is 37.6 Å². The molecule has 0 saturated carbocycles. The number of hydrogen-bond acceptors (Lipinski definition) is 7. The maximum absolute atomic E-state index is 13.9. The molecule has 11 heteroatoms. The number of rotatable bonds is 8. The zero-order valence-corrected chi connectivity index (χ0v) is 21.4. The fraction of sp³-hybridized carbons (Fsp3) is 0.542. The fourth-order valence-electron chi connectivity index (χ4n) is 4.05. The van der Waals surface area contributed by atoms with Gasteiger partial charge in [0.2, 0.25) is 10.0 Å². The summed E-state index contributed by atoms with van der Waals surface area (Å²) in [5, 5.41) is 7.21. The van der Waals surface area contributed by atoms with Gasteiger partial charge in [0.15, 0.2) is 5.52 Å². The maximum Gasteiger partial charge on any atom is 0.277 e. The van der Waals surface area contributed by atoms with Crippen LogP contribution >= 0.6 is 0 Å². The first-order chi connectivity index (χ1) is 18.2. The highest BCUT2D eigenvalue weighted by Gasteiger charge is 2.32. The van der Waals surface area contributed by atoms with Crippen LogP contribution in [0.4, 0.5) is 0 Å². The smallest absolute Gasteiger partial charge is 0.277 e. The Morgan fingerprint density at radius 3 is 2.57 bits per heavy atom. The second-order valence-electron chi connectivity index (χ2n) is 8.58. The number of hydrogen-bond donors (Lipinski definition) is 2. The monoisotopic (exact) mass is 506 g/mol. The summed E-state index contributed by atoms with van der Waals surface area (Å²) < 4.78 is 69.4. The van der Waals surface area contributed by atoms with Crippen molar-refractivity contribution in [2.75, 3.05) is 19.6 Å². The summed E-state index contributed by atoms with van der Waals surface area (Å²) in [6.07, 6.45) is 2.03. The summed E-state index contributed by atoms with van der Waals surface area (Å²) in [7, 11) is -3.07. The lowest BCUT2D eigenvalue weighted by molar-refractivity contribution is 0.263. The zero-order chi connectivity index (χ0) is 28.9. The number of sulfonamides is 1. The lowest BCUT2D eigenvalue weighted by atomic mass is 10.1. The molecule has 1 aliphatic rings. The van der Waals surface area contributed by atoms with Crippen LogP contribution in [0.1, 0.15) is 51.7 Å². The third-order valence-electron chi connectivity index (χ3n) is 5.58. The molecule has 35 heavy (non-hydrogen) atoms. The molecule has 1 saturated heterocycles. The largest absolute Gasteiger partial charge is 0.493 e. The minimum absolute atomic E-state index is 0.0640. The van der Waals surface area contributed by atoms with E-state index in [1.807, 2.05) is 13.8 Å². The quantitative estimate of drug-likeness (QED) is 0.481. The van der Waals surface area contributed by atoms with Gasteiger partial charge < -0.3 is 15.0 Å². The second kappa shape index (κ2) is 10.1. The van der Waals surface area contributed by atoms with Gasteiger partial charge in [-0.3, -0.25) is 9.48 Å². The van der Waals surface area contributed by atoms with Crippen LogP contribution in [0.3, 0.4) is 0 Å². The molecule has 1 fully saturated rings. The van der Waals surface area contributed by atoms with Crippen molar-refractivity contribution < 1.29 is 18.6 Å². The van der Waals surface area contributed by atoms with E-state index in [1.54, 1.807) is 7.05 Å². The molecule has 4 rings (SSSR count). The minimum atomic E-state index is -4.72. The van der Waals surface area contributed by atoms with E-state index < -0.39 is 40.7 Å². The number of piperazine rings is 1. The molecule has 2 atom stereocenters. The Bertz CT molecular complexity index is 1540. The number of fused-ring (bicyclic) bond motifs is 1. The molecule has 2 aromatic heterocycles. The van der Waals surface area contributed by atoms with Gasteiger partial charge in [0.05, 0.1) is 22.8 Å². The molecular weight excluding hydrogens is 468 g/mol. The molecule has 3 aromatic rings. The van der Waals surface area contributed by atoms with Crippen LogP contribution in [0.2, 0.25) is 0 Å². The molecule has 10 nitrogen and oxygen atoms in total. The normalized spacial score (nSPS) is 23.9. The van der Waals surface area contributed by atoms with Crippen LogP contribution in [0.15, 0.2) is 27.9 Å². The van der Waals surface area contributed by atoms with Gasteiger partial charge in [-0.15, -0.1) is 0 Å². The van der Waals surface area contributed by atoms with Gasteiger partial charge in [-0.25, -0.2) is 13.4 Å². The summed E-state index contributed by atoms with van der Waals surface area (Å²) in [4.78, 5) is 20.1. The molecule has 0 unspecified atom stereocenters. The highest BCUT2D eigenvalue weighted by Crippen LogP contribution is 2.32. The van der Waals surface area contributed by atoms with Gasteiger partial charge in [-0.05, 0) is 44.9 Å². The van der Waals surface area contributed by atoms with Crippen molar-refractivity contribution in [2.45, 2.75) is 63.9 Å². The molecule has 2 N–H and O–H groups in total. The van der Waals surface area contributed by atoms with Crippen molar-refractivity contribution >= 4 is 21.1 Å². The van der Waals surface area contributed by atoms with Crippen molar-refractivity contribution in [1.82, 2.24) is 29.4 Å². The number of nitrogens with zero attached hydrogens (tertiary/aromatic N) is 4.